The Bertz CT molecular complexity index is 1550. The first-order valence-corrected chi connectivity index (χ1v) is 13.1. The van der Waals surface area contributed by atoms with Gasteiger partial charge in [-0.25, -0.2) is 4.98 Å². The van der Waals surface area contributed by atoms with Gasteiger partial charge in [0.15, 0.2) is 0 Å². The van der Waals surface area contributed by atoms with E-state index < -0.39 is 0 Å². The van der Waals surface area contributed by atoms with Crippen molar-refractivity contribution >= 4 is 11.7 Å². The van der Waals surface area contributed by atoms with Gasteiger partial charge in [0, 0.05) is 73.0 Å². The van der Waals surface area contributed by atoms with E-state index in [1.807, 2.05) is 72.8 Å². The molecule has 7 heteroatoms. The summed E-state index contributed by atoms with van der Waals surface area (Å²) < 4.78 is 7.16. The number of hydrogen-bond donors (Lipinski definition) is 2. The summed E-state index contributed by atoms with van der Waals surface area (Å²) in [7, 11) is 0. The average Bonchev–Trinajstić information content (AvgIpc) is 3.36. The third-order valence-electron chi connectivity index (χ3n) is 6.47. The molecule has 0 atom stereocenters. The molecule has 5 aromatic rings. The molecule has 199 valence electrons. The molecule has 0 fully saturated rings. The van der Waals surface area contributed by atoms with Crippen molar-refractivity contribution in [3.8, 4) is 45.0 Å². The summed E-state index contributed by atoms with van der Waals surface area (Å²) in [6.45, 7) is 2.62. The maximum atomic E-state index is 11.9. The molecule has 4 aromatic carbocycles. The van der Waals surface area contributed by atoms with E-state index in [0.717, 1.165) is 50.7 Å². The molecule has 0 aliphatic rings. The van der Waals surface area contributed by atoms with Crippen molar-refractivity contribution in [3.63, 3.8) is 0 Å². The van der Waals surface area contributed by atoms with Gasteiger partial charge < -0.3 is 19.7 Å². The largest absolute Gasteiger partial charge is 0.465 e. The normalized spacial score (nSPS) is 10.6. The van der Waals surface area contributed by atoms with Gasteiger partial charge in [-0.15, -0.1) is 0 Å². The minimum atomic E-state index is -0.295. The van der Waals surface area contributed by atoms with E-state index in [9.17, 15) is 9.90 Å². The number of aliphatic hydroxyl groups is 1. The number of benzene rings is 4. The molecule has 1 aromatic heterocycles. The van der Waals surface area contributed by atoms with Gasteiger partial charge in [-0.05, 0) is 30.2 Å². The van der Waals surface area contributed by atoms with Crippen molar-refractivity contribution in [2.45, 2.75) is 13.5 Å². The molecule has 1 radical (unpaired) electrons. The van der Waals surface area contributed by atoms with Crippen LogP contribution in [0.3, 0.4) is 0 Å². The SMILES string of the molecule is CCOC(=O)CNc1cccc(-c2ccccc2-c2nc(-c3ccccc3)c(-c3ccccc3)n2CCO)c1.[Ac]. The molecule has 2 N–H and O–H groups in total. The molecule has 0 saturated heterocycles. The quantitative estimate of drug-likeness (QED) is 0.160. The second kappa shape index (κ2) is 14.4. The summed E-state index contributed by atoms with van der Waals surface area (Å²) >= 11 is 0. The molecule has 40 heavy (non-hydrogen) atoms. The molecule has 0 spiro atoms. The predicted octanol–water partition coefficient (Wildman–Crippen LogP) is 6.52. The van der Waals surface area contributed by atoms with Crippen LogP contribution in [-0.2, 0) is 16.1 Å². The molecule has 6 nitrogen and oxygen atoms in total. The maximum Gasteiger partial charge on any atom is 0.325 e. The Morgan fingerprint density at radius 1 is 0.825 bits per heavy atom. The summed E-state index contributed by atoms with van der Waals surface area (Å²) in [4.78, 5) is 17.1. The van der Waals surface area contributed by atoms with Crippen LogP contribution >= 0.6 is 0 Å². The summed E-state index contributed by atoms with van der Waals surface area (Å²) in [5.41, 5.74) is 7.64. The van der Waals surface area contributed by atoms with Crippen LogP contribution in [0.25, 0.3) is 45.0 Å². The first-order valence-electron chi connectivity index (χ1n) is 13.1. The fourth-order valence-corrected chi connectivity index (χ4v) is 4.77. The zero-order valence-corrected chi connectivity index (χ0v) is 27.2. The summed E-state index contributed by atoms with van der Waals surface area (Å²) in [5.74, 6) is 0.485. The van der Waals surface area contributed by atoms with Gasteiger partial charge in [0.25, 0.3) is 0 Å². The van der Waals surface area contributed by atoms with Crippen LogP contribution in [0.15, 0.2) is 109 Å². The number of aliphatic hydroxyl groups excluding tert-OH is 1. The van der Waals surface area contributed by atoms with Crippen molar-refractivity contribution in [2.75, 3.05) is 25.1 Å². The Hall–Kier alpha value is -3.24. The van der Waals surface area contributed by atoms with E-state index in [2.05, 4.69) is 46.3 Å². The smallest absolute Gasteiger partial charge is 0.325 e. The molecule has 5 rings (SSSR count). The Balaban J connectivity index is 0.00000370. The van der Waals surface area contributed by atoms with Crippen LogP contribution in [-0.4, -0.2) is 40.4 Å². The molecule has 0 bridgehead atoms. The Labute approximate surface area is 270 Å². The molecule has 0 aliphatic carbocycles. The number of nitrogens with one attached hydrogen (secondary N) is 1. The van der Waals surface area contributed by atoms with Gasteiger partial charge in [0.05, 0.1) is 24.6 Å². The number of hydrogen-bond acceptors (Lipinski definition) is 5. The van der Waals surface area contributed by atoms with E-state index in [1.165, 1.54) is 0 Å². The van der Waals surface area contributed by atoms with Crippen molar-refractivity contribution in [2.24, 2.45) is 0 Å². The van der Waals surface area contributed by atoms with Crippen LogP contribution in [0.1, 0.15) is 6.92 Å². The first-order chi connectivity index (χ1) is 19.2. The van der Waals surface area contributed by atoms with Crippen molar-refractivity contribution in [3.05, 3.63) is 109 Å². The van der Waals surface area contributed by atoms with Gasteiger partial charge in [0.1, 0.15) is 12.4 Å². The fraction of sp³-hybridized carbons (Fsp3) is 0.152. The second-order valence-electron chi connectivity index (χ2n) is 9.02. The van der Waals surface area contributed by atoms with Crippen molar-refractivity contribution < 1.29 is 58.7 Å². The van der Waals surface area contributed by atoms with E-state index in [0.29, 0.717) is 13.2 Å². The van der Waals surface area contributed by atoms with Gasteiger partial charge in [-0.1, -0.05) is 97.1 Å². The van der Waals surface area contributed by atoms with E-state index >= 15 is 0 Å². The van der Waals surface area contributed by atoms with E-state index in [-0.39, 0.29) is 63.2 Å². The maximum absolute atomic E-state index is 11.9. The minimum Gasteiger partial charge on any atom is -0.465 e. The van der Waals surface area contributed by atoms with Crippen LogP contribution in [0, 0.1) is 44.1 Å². The van der Waals surface area contributed by atoms with Crippen molar-refractivity contribution in [1.82, 2.24) is 9.55 Å². The zero-order chi connectivity index (χ0) is 27.0. The standard InChI is InChI=1S/C33H31N3O3.Ac/c1-2-39-30(38)23-34-27-17-11-16-26(22-27)28-18-9-10-19-29(28)33-35-31(24-12-5-3-6-13-24)32(36(33)20-21-37)25-14-7-4-8-15-25;/h3-19,22,34,37H,2,20-21,23H2,1H3;. The number of aromatic nitrogens is 2. The monoisotopic (exact) mass is 744 g/mol. The third-order valence-corrected chi connectivity index (χ3v) is 6.47. The fourth-order valence-electron chi connectivity index (χ4n) is 4.77. The molecule has 0 amide bonds. The number of carbonyl (C=O) groups is 1. The van der Waals surface area contributed by atoms with E-state index in [4.69, 9.17) is 9.72 Å². The third kappa shape index (κ3) is 6.72. The molecular formula is C33H31AcN3O3. The zero-order valence-electron chi connectivity index (χ0n) is 22.5. The molecule has 0 saturated carbocycles. The first kappa shape index (κ1) is 29.7. The Morgan fingerprint density at radius 3 is 2.12 bits per heavy atom. The van der Waals surface area contributed by atoms with Crippen molar-refractivity contribution in [1.29, 1.82) is 0 Å². The molecular weight excluding hydrogens is 713 g/mol. The van der Waals surface area contributed by atoms with Crippen LogP contribution < -0.4 is 5.32 Å². The number of anilines is 1. The van der Waals surface area contributed by atoms with Crippen LogP contribution in [0.4, 0.5) is 5.69 Å². The van der Waals surface area contributed by atoms with E-state index in [1.54, 1.807) is 6.92 Å². The van der Waals surface area contributed by atoms with Gasteiger partial charge in [-0.2, -0.15) is 0 Å². The number of imidazole rings is 1. The molecule has 0 aliphatic heterocycles. The summed E-state index contributed by atoms with van der Waals surface area (Å²) in [6, 6.07) is 36.4. The van der Waals surface area contributed by atoms with Gasteiger partial charge in [-0.3, -0.25) is 4.79 Å². The van der Waals surface area contributed by atoms with Crippen LogP contribution in [0.2, 0.25) is 0 Å². The van der Waals surface area contributed by atoms with Gasteiger partial charge in [0.2, 0.25) is 0 Å². The minimum absolute atomic E-state index is 0. The second-order valence-corrected chi connectivity index (χ2v) is 9.02. The molecule has 0 unspecified atom stereocenters. The predicted molar refractivity (Wildman–Crippen MR) is 156 cm³/mol. The topological polar surface area (TPSA) is 76.4 Å². The summed E-state index contributed by atoms with van der Waals surface area (Å²) in [5, 5.41) is 13.3. The molecule has 1 heterocycles. The number of esters is 1. The number of rotatable bonds is 10. The summed E-state index contributed by atoms with van der Waals surface area (Å²) in [6.07, 6.45) is 0. The number of nitrogens with zero attached hydrogens (tertiary/aromatic N) is 2. The Morgan fingerprint density at radius 2 is 1.45 bits per heavy atom. The van der Waals surface area contributed by atoms with Gasteiger partial charge >= 0.3 is 5.97 Å². The Kier molecular flexibility index (Phi) is 10.7. The average molecular weight is 745 g/mol. The number of ether oxygens (including phenoxy) is 1. The van der Waals surface area contributed by atoms with Crippen LogP contribution in [0.5, 0.6) is 0 Å². The number of carbonyl (C=O) groups excluding carboxylic acids is 1.